The minimum atomic E-state index is -0.0331. The largest absolute Gasteiger partial charge is 0.320 e. The summed E-state index contributed by atoms with van der Waals surface area (Å²) in [7, 11) is 0. The first-order valence-corrected chi connectivity index (χ1v) is 9.41. The molecule has 0 bridgehead atoms. The number of carbonyl (C=O) groups is 1. The molecule has 1 aliphatic rings. The zero-order valence-corrected chi connectivity index (χ0v) is 14.3. The molecule has 0 spiro atoms. The van der Waals surface area contributed by atoms with E-state index in [9.17, 15) is 4.79 Å². The molecule has 2 rings (SSSR count). The summed E-state index contributed by atoms with van der Waals surface area (Å²) < 4.78 is 0. The summed E-state index contributed by atoms with van der Waals surface area (Å²) in [5.74, 6) is 1.64. The topological polar surface area (TPSA) is 32.3 Å². The van der Waals surface area contributed by atoms with Crippen molar-refractivity contribution in [1.82, 2.24) is 10.2 Å². The predicted octanol–water partition coefficient (Wildman–Crippen LogP) is 3.26. The molecule has 3 nitrogen and oxygen atoms in total. The molecule has 0 radical (unpaired) electrons. The van der Waals surface area contributed by atoms with Crippen LogP contribution in [0.25, 0.3) is 0 Å². The number of thioether (sulfide) groups is 1. The van der Waals surface area contributed by atoms with Crippen LogP contribution in [0.4, 0.5) is 0 Å². The van der Waals surface area contributed by atoms with E-state index in [1.54, 1.807) is 23.1 Å². The van der Waals surface area contributed by atoms with Crippen molar-refractivity contribution in [3.63, 3.8) is 0 Å². The Morgan fingerprint density at radius 3 is 2.80 bits per heavy atom. The van der Waals surface area contributed by atoms with E-state index in [1.165, 1.54) is 9.75 Å². The van der Waals surface area contributed by atoms with Crippen molar-refractivity contribution in [2.45, 2.75) is 39.4 Å². The van der Waals surface area contributed by atoms with Gasteiger partial charge < -0.3 is 4.90 Å². The van der Waals surface area contributed by atoms with Gasteiger partial charge in [-0.1, -0.05) is 20.3 Å². The Hall–Kier alpha value is -0.520. The average molecular weight is 313 g/mol. The van der Waals surface area contributed by atoms with Gasteiger partial charge in [-0.05, 0) is 31.2 Å². The second-order valence-electron chi connectivity index (χ2n) is 5.41. The number of nitrogens with one attached hydrogen (secondary N) is 1. The number of hydrogen-bond donors (Lipinski definition) is 1. The molecule has 0 aliphatic carbocycles. The lowest BCUT2D eigenvalue weighted by Gasteiger charge is -2.22. The number of rotatable bonds is 6. The van der Waals surface area contributed by atoms with Gasteiger partial charge in [-0.3, -0.25) is 10.1 Å². The predicted molar refractivity (Wildman–Crippen MR) is 88.3 cm³/mol. The molecule has 0 saturated carbocycles. The van der Waals surface area contributed by atoms with Crippen LogP contribution in [0, 0.1) is 12.8 Å². The lowest BCUT2D eigenvalue weighted by Crippen LogP contribution is -2.36. The number of nitrogens with zero attached hydrogens (tertiary/aromatic N) is 1. The molecule has 1 aromatic rings. The van der Waals surface area contributed by atoms with Crippen molar-refractivity contribution in [3.05, 3.63) is 21.9 Å². The zero-order chi connectivity index (χ0) is 14.7. The SMILES string of the molecule is CCC(C)C1NC(c2ccc(C)s2)N(CCSC)C1=O. The van der Waals surface area contributed by atoms with Crippen LogP contribution in [0.5, 0.6) is 0 Å². The second-order valence-corrected chi connectivity index (χ2v) is 7.71. The lowest BCUT2D eigenvalue weighted by molar-refractivity contribution is -0.130. The third-order valence-corrected chi connectivity index (χ3v) is 5.62. The van der Waals surface area contributed by atoms with Crippen molar-refractivity contribution in [1.29, 1.82) is 0 Å². The van der Waals surface area contributed by atoms with E-state index in [4.69, 9.17) is 0 Å². The highest BCUT2D eigenvalue weighted by Gasteiger charge is 2.41. The van der Waals surface area contributed by atoms with Crippen LogP contribution >= 0.6 is 23.1 Å². The fourth-order valence-electron chi connectivity index (χ4n) is 2.55. The molecule has 3 unspecified atom stereocenters. The Labute approximate surface area is 130 Å². The van der Waals surface area contributed by atoms with Gasteiger partial charge in [0.2, 0.25) is 5.91 Å². The van der Waals surface area contributed by atoms with Crippen molar-refractivity contribution >= 4 is 29.0 Å². The molecule has 1 N–H and O–H groups in total. The Bertz CT molecular complexity index is 460. The average Bonchev–Trinajstić information content (AvgIpc) is 3.00. The molecule has 1 aliphatic heterocycles. The van der Waals surface area contributed by atoms with Crippen LogP contribution in [0.3, 0.4) is 0 Å². The summed E-state index contributed by atoms with van der Waals surface area (Å²) in [5, 5.41) is 3.56. The van der Waals surface area contributed by atoms with E-state index < -0.39 is 0 Å². The summed E-state index contributed by atoms with van der Waals surface area (Å²) >= 11 is 3.57. The van der Waals surface area contributed by atoms with Gasteiger partial charge in [0.1, 0.15) is 6.17 Å². The van der Waals surface area contributed by atoms with Crippen molar-refractivity contribution in [2.75, 3.05) is 18.6 Å². The van der Waals surface area contributed by atoms with Gasteiger partial charge in [0.05, 0.1) is 6.04 Å². The lowest BCUT2D eigenvalue weighted by atomic mass is 9.99. The fourth-order valence-corrected chi connectivity index (χ4v) is 3.88. The van der Waals surface area contributed by atoms with Gasteiger partial charge >= 0.3 is 0 Å². The van der Waals surface area contributed by atoms with Gasteiger partial charge in [-0.15, -0.1) is 11.3 Å². The van der Waals surface area contributed by atoms with Crippen molar-refractivity contribution < 1.29 is 4.79 Å². The normalized spacial score (nSPS) is 24.4. The van der Waals surface area contributed by atoms with Gasteiger partial charge in [-0.25, -0.2) is 0 Å². The summed E-state index contributed by atoms with van der Waals surface area (Å²) in [6.07, 6.45) is 3.17. The van der Waals surface area contributed by atoms with E-state index in [2.05, 4.69) is 44.5 Å². The Kier molecular flexibility index (Phi) is 5.52. The maximum Gasteiger partial charge on any atom is 0.241 e. The van der Waals surface area contributed by atoms with E-state index in [0.29, 0.717) is 5.92 Å². The first-order chi connectivity index (χ1) is 9.58. The van der Waals surface area contributed by atoms with E-state index in [1.807, 2.05) is 4.90 Å². The maximum absolute atomic E-state index is 12.7. The first-order valence-electron chi connectivity index (χ1n) is 7.20. The summed E-state index contributed by atoms with van der Waals surface area (Å²) in [5.41, 5.74) is 0. The molecule has 2 heterocycles. The molecule has 3 atom stereocenters. The van der Waals surface area contributed by atoms with Crippen LogP contribution in [-0.2, 0) is 4.79 Å². The van der Waals surface area contributed by atoms with E-state index >= 15 is 0 Å². The minimum absolute atomic E-state index is 0.0331. The number of aryl methyl sites for hydroxylation is 1. The molecule has 1 amide bonds. The Morgan fingerprint density at radius 2 is 2.25 bits per heavy atom. The molecule has 112 valence electrons. The molecular formula is C15H24N2OS2. The third-order valence-electron chi connectivity index (χ3n) is 3.98. The monoisotopic (exact) mass is 312 g/mol. The van der Waals surface area contributed by atoms with Gasteiger partial charge in [0.15, 0.2) is 0 Å². The summed E-state index contributed by atoms with van der Waals surface area (Å²) in [6, 6.07) is 4.25. The number of amides is 1. The van der Waals surface area contributed by atoms with E-state index in [0.717, 1.165) is 18.7 Å². The number of thiophene rings is 1. The zero-order valence-electron chi connectivity index (χ0n) is 12.7. The Balaban J connectivity index is 2.21. The van der Waals surface area contributed by atoms with Crippen LogP contribution in [-0.4, -0.2) is 35.4 Å². The van der Waals surface area contributed by atoms with E-state index in [-0.39, 0.29) is 18.1 Å². The molecule has 1 aromatic heterocycles. The molecule has 20 heavy (non-hydrogen) atoms. The van der Waals surface area contributed by atoms with Gasteiger partial charge in [0.25, 0.3) is 0 Å². The second kappa shape index (κ2) is 6.96. The first kappa shape index (κ1) is 15.9. The summed E-state index contributed by atoms with van der Waals surface area (Å²) in [6.45, 7) is 7.24. The summed E-state index contributed by atoms with van der Waals surface area (Å²) in [4.78, 5) is 17.2. The van der Waals surface area contributed by atoms with Crippen LogP contribution in [0.2, 0.25) is 0 Å². The Morgan fingerprint density at radius 1 is 1.50 bits per heavy atom. The standard InChI is InChI=1S/C15H24N2OS2/c1-5-10(2)13-15(18)17(8-9-19-4)14(16-13)12-7-6-11(3)20-12/h6-7,10,13-14,16H,5,8-9H2,1-4H3. The molecule has 0 aromatic carbocycles. The molecular weight excluding hydrogens is 288 g/mol. The van der Waals surface area contributed by atoms with Crippen LogP contribution in [0.15, 0.2) is 12.1 Å². The van der Waals surface area contributed by atoms with Crippen LogP contribution in [0.1, 0.15) is 36.2 Å². The van der Waals surface area contributed by atoms with Crippen molar-refractivity contribution in [3.8, 4) is 0 Å². The smallest absolute Gasteiger partial charge is 0.241 e. The quantitative estimate of drug-likeness (QED) is 0.875. The fraction of sp³-hybridized carbons (Fsp3) is 0.667. The highest BCUT2D eigenvalue weighted by Crippen LogP contribution is 2.32. The van der Waals surface area contributed by atoms with Crippen LogP contribution < -0.4 is 5.32 Å². The molecule has 1 fully saturated rings. The van der Waals surface area contributed by atoms with Crippen molar-refractivity contribution in [2.24, 2.45) is 5.92 Å². The highest BCUT2D eigenvalue weighted by molar-refractivity contribution is 7.98. The number of hydrogen-bond acceptors (Lipinski definition) is 4. The van der Waals surface area contributed by atoms with Gasteiger partial charge in [0, 0.05) is 22.1 Å². The molecule has 1 saturated heterocycles. The highest BCUT2D eigenvalue weighted by atomic mass is 32.2. The third kappa shape index (κ3) is 3.21. The molecule has 5 heteroatoms. The maximum atomic E-state index is 12.7. The minimum Gasteiger partial charge on any atom is -0.320 e. The number of carbonyl (C=O) groups excluding carboxylic acids is 1. The van der Waals surface area contributed by atoms with Gasteiger partial charge in [-0.2, -0.15) is 11.8 Å².